The topological polar surface area (TPSA) is 38.1 Å². The molecule has 0 bridgehead atoms. The Bertz CT molecular complexity index is 969. The van der Waals surface area contributed by atoms with E-state index in [1.807, 2.05) is 35.5 Å². The number of likely N-dealkylation sites (tertiary alicyclic amines) is 1. The van der Waals surface area contributed by atoms with Crippen molar-refractivity contribution in [3.8, 4) is 0 Å². The Labute approximate surface area is 168 Å². The molecule has 1 saturated heterocycles. The third kappa shape index (κ3) is 3.79. The van der Waals surface area contributed by atoms with E-state index in [9.17, 15) is 4.79 Å². The van der Waals surface area contributed by atoms with Gasteiger partial charge in [-0.25, -0.2) is 4.98 Å². The third-order valence-electron chi connectivity index (χ3n) is 5.68. The molecule has 3 aromatic rings. The predicted molar refractivity (Wildman–Crippen MR) is 112 cm³/mol. The molecular formula is C22H24BrN3O. The lowest BCUT2D eigenvalue weighted by atomic mass is 9.96. The van der Waals surface area contributed by atoms with Crippen molar-refractivity contribution in [3.63, 3.8) is 0 Å². The van der Waals surface area contributed by atoms with Crippen LogP contribution >= 0.6 is 15.9 Å². The van der Waals surface area contributed by atoms with Crippen molar-refractivity contribution in [2.75, 3.05) is 13.1 Å². The second-order valence-corrected chi connectivity index (χ2v) is 8.48. The van der Waals surface area contributed by atoms with Crippen LogP contribution in [-0.4, -0.2) is 33.4 Å². The van der Waals surface area contributed by atoms with Crippen LogP contribution in [0.3, 0.4) is 0 Å². The van der Waals surface area contributed by atoms with Gasteiger partial charge >= 0.3 is 0 Å². The molecule has 0 radical (unpaired) electrons. The van der Waals surface area contributed by atoms with Crippen LogP contribution in [0.25, 0.3) is 11.0 Å². The number of carbonyl (C=O) groups excluding carboxylic acids is 1. The van der Waals surface area contributed by atoms with E-state index in [2.05, 4.69) is 51.5 Å². The fourth-order valence-electron chi connectivity index (χ4n) is 3.83. The molecule has 27 heavy (non-hydrogen) atoms. The van der Waals surface area contributed by atoms with Crippen molar-refractivity contribution in [3.05, 3.63) is 63.9 Å². The number of hydrogen-bond donors (Lipinski definition) is 0. The van der Waals surface area contributed by atoms with Gasteiger partial charge in [0.05, 0.1) is 17.4 Å². The van der Waals surface area contributed by atoms with Crippen molar-refractivity contribution < 1.29 is 4.79 Å². The van der Waals surface area contributed by atoms with Crippen LogP contribution in [0.5, 0.6) is 0 Å². The molecule has 0 saturated carbocycles. The summed E-state index contributed by atoms with van der Waals surface area (Å²) in [6.07, 6.45) is 4.03. The van der Waals surface area contributed by atoms with E-state index in [1.54, 1.807) is 0 Å². The number of hydrogen-bond acceptors (Lipinski definition) is 2. The molecule has 1 fully saturated rings. The summed E-state index contributed by atoms with van der Waals surface area (Å²) in [5.74, 6) is 0.720. The van der Waals surface area contributed by atoms with Crippen molar-refractivity contribution in [2.45, 2.75) is 33.2 Å². The van der Waals surface area contributed by atoms with Gasteiger partial charge in [-0.15, -0.1) is 0 Å². The molecule has 0 N–H and O–H groups in total. The van der Waals surface area contributed by atoms with E-state index in [0.29, 0.717) is 5.92 Å². The summed E-state index contributed by atoms with van der Waals surface area (Å²) in [6.45, 7) is 6.90. The average Bonchev–Trinajstić information content (AvgIpc) is 3.04. The molecule has 0 unspecified atom stereocenters. The summed E-state index contributed by atoms with van der Waals surface area (Å²) in [4.78, 5) is 19.2. The fraction of sp³-hybridized carbons (Fsp3) is 0.364. The molecule has 0 aliphatic carbocycles. The van der Waals surface area contributed by atoms with E-state index in [-0.39, 0.29) is 5.91 Å². The molecule has 140 valence electrons. The summed E-state index contributed by atoms with van der Waals surface area (Å²) < 4.78 is 3.27. The molecule has 2 heterocycles. The van der Waals surface area contributed by atoms with Crippen molar-refractivity contribution in [1.29, 1.82) is 0 Å². The quantitative estimate of drug-likeness (QED) is 0.593. The van der Waals surface area contributed by atoms with Gasteiger partial charge in [-0.3, -0.25) is 4.79 Å². The number of amides is 1. The van der Waals surface area contributed by atoms with E-state index >= 15 is 0 Å². The van der Waals surface area contributed by atoms with Crippen LogP contribution in [0, 0.1) is 19.8 Å². The van der Waals surface area contributed by atoms with E-state index in [1.165, 1.54) is 16.6 Å². The Hall–Kier alpha value is -2.14. The number of fused-ring (bicyclic) bond motifs is 1. The SMILES string of the molecule is Cc1cc2ncn(CC3CCN(C(=O)c4ccc(Br)cc4)CC3)c2cc1C. The second-order valence-electron chi connectivity index (χ2n) is 7.56. The molecule has 0 spiro atoms. The standard InChI is InChI=1S/C22H24BrN3O/c1-15-11-20-21(12-16(15)2)26(14-24-20)13-17-7-9-25(10-8-17)22(27)18-3-5-19(23)6-4-18/h3-6,11-12,14,17H,7-10,13H2,1-2H3. The Morgan fingerprint density at radius 1 is 1.11 bits per heavy atom. The Balaban J connectivity index is 1.40. The molecule has 4 rings (SSSR count). The molecule has 1 aromatic heterocycles. The van der Waals surface area contributed by atoms with Gasteiger partial charge in [0.25, 0.3) is 5.91 Å². The summed E-state index contributed by atoms with van der Waals surface area (Å²) in [5.41, 5.74) is 5.64. The van der Waals surface area contributed by atoms with Gasteiger partial charge in [-0.1, -0.05) is 15.9 Å². The maximum Gasteiger partial charge on any atom is 0.253 e. The van der Waals surface area contributed by atoms with E-state index in [4.69, 9.17) is 0 Å². The monoisotopic (exact) mass is 425 g/mol. The van der Waals surface area contributed by atoms with Gasteiger partial charge in [0.1, 0.15) is 0 Å². The second kappa shape index (κ2) is 7.47. The summed E-state index contributed by atoms with van der Waals surface area (Å²) in [5, 5.41) is 0. The maximum absolute atomic E-state index is 12.7. The van der Waals surface area contributed by atoms with E-state index in [0.717, 1.165) is 48.0 Å². The molecule has 0 atom stereocenters. The summed E-state index contributed by atoms with van der Waals surface area (Å²) in [7, 11) is 0. The third-order valence-corrected chi connectivity index (χ3v) is 6.21. The lowest BCUT2D eigenvalue weighted by Gasteiger charge is -2.32. The number of aryl methyl sites for hydroxylation is 2. The van der Waals surface area contributed by atoms with Crippen molar-refractivity contribution >= 4 is 32.9 Å². The number of piperidine rings is 1. The Morgan fingerprint density at radius 2 is 1.78 bits per heavy atom. The van der Waals surface area contributed by atoms with Crippen LogP contribution < -0.4 is 0 Å². The number of halogens is 1. The van der Waals surface area contributed by atoms with E-state index < -0.39 is 0 Å². The summed E-state index contributed by atoms with van der Waals surface area (Å²) in [6, 6.07) is 12.0. The van der Waals surface area contributed by atoms with Gasteiger partial charge in [-0.2, -0.15) is 0 Å². The minimum absolute atomic E-state index is 0.139. The lowest BCUT2D eigenvalue weighted by Crippen LogP contribution is -2.39. The van der Waals surface area contributed by atoms with Gasteiger partial charge in [0.2, 0.25) is 0 Å². The van der Waals surface area contributed by atoms with Crippen molar-refractivity contribution in [1.82, 2.24) is 14.5 Å². The van der Waals surface area contributed by atoms with Gasteiger partial charge < -0.3 is 9.47 Å². The zero-order valence-corrected chi connectivity index (χ0v) is 17.4. The zero-order valence-electron chi connectivity index (χ0n) is 15.8. The van der Waals surface area contributed by atoms with Crippen molar-refractivity contribution in [2.24, 2.45) is 5.92 Å². The Morgan fingerprint density at radius 3 is 2.48 bits per heavy atom. The molecule has 5 heteroatoms. The molecule has 1 aliphatic rings. The molecule has 2 aromatic carbocycles. The number of carbonyl (C=O) groups is 1. The normalized spacial score (nSPS) is 15.4. The first-order chi connectivity index (χ1) is 13.0. The van der Waals surface area contributed by atoms with Crippen LogP contribution in [-0.2, 0) is 6.54 Å². The smallest absolute Gasteiger partial charge is 0.253 e. The summed E-state index contributed by atoms with van der Waals surface area (Å²) >= 11 is 3.42. The maximum atomic E-state index is 12.7. The average molecular weight is 426 g/mol. The number of imidazole rings is 1. The molecule has 1 amide bonds. The number of benzene rings is 2. The van der Waals surface area contributed by atoms with Crippen LogP contribution in [0.4, 0.5) is 0 Å². The largest absolute Gasteiger partial charge is 0.339 e. The predicted octanol–water partition coefficient (Wildman–Crippen LogP) is 4.97. The van der Waals surface area contributed by atoms with Gasteiger partial charge in [-0.05, 0) is 80.1 Å². The highest BCUT2D eigenvalue weighted by Crippen LogP contribution is 2.24. The highest BCUT2D eigenvalue weighted by atomic mass is 79.9. The first-order valence-electron chi connectivity index (χ1n) is 9.48. The number of nitrogens with zero attached hydrogens (tertiary/aromatic N) is 3. The Kier molecular flexibility index (Phi) is 5.04. The van der Waals surface area contributed by atoms with Crippen LogP contribution in [0.15, 0.2) is 47.2 Å². The fourth-order valence-corrected chi connectivity index (χ4v) is 4.09. The zero-order chi connectivity index (χ0) is 19.0. The van der Waals surface area contributed by atoms with Gasteiger partial charge in [0, 0.05) is 29.7 Å². The molecule has 4 nitrogen and oxygen atoms in total. The van der Waals surface area contributed by atoms with Gasteiger partial charge in [0.15, 0.2) is 0 Å². The lowest BCUT2D eigenvalue weighted by molar-refractivity contribution is 0.0683. The van der Waals surface area contributed by atoms with Crippen LogP contribution in [0.1, 0.15) is 34.3 Å². The number of rotatable bonds is 3. The molecule has 1 aliphatic heterocycles. The minimum Gasteiger partial charge on any atom is -0.339 e. The van der Waals surface area contributed by atoms with Crippen LogP contribution in [0.2, 0.25) is 0 Å². The highest BCUT2D eigenvalue weighted by Gasteiger charge is 2.24. The molecular weight excluding hydrogens is 402 g/mol. The first-order valence-corrected chi connectivity index (χ1v) is 10.3. The highest BCUT2D eigenvalue weighted by molar-refractivity contribution is 9.10. The minimum atomic E-state index is 0.139. The number of aromatic nitrogens is 2. The first kappa shape index (κ1) is 18.2.